The van der Waals surface area contributed by atoms with E-state index in [-0.39, 0.29) is 6.42 Å². The second-order valence-corrected chi connectivity index (χ2v) is 2.31. The molecule has 0 heterocycles. The number of hydrogen-bond donors (Lipinski definition) is 2. The molecule has 5 nitrogen and oxygen atoms in total. The van der Waals surface area contributed by atoms with Crippen molar-refractivity contribution in [3.8, 4) is 0 Å². The van der Waals surface area contributed by atoms with Gasteiger partial charge in [-0.3, -0.25) is 4.79 Å². The van der Waals surface area contributed by atoms with Crippen molar-refractivity contribution in [3.05, 3.63) is 0 Å². The summed E-state index contributed by atoms with van der Waals surface area (Å²) in [6, 6.07) is -0.570. The zero-order valence-corrected chi connectivity index (χ0v) is 7.08. The van der Waals surface area contributed by atoms with Gasteiger partial charge in [0.05, 0.1) is 6.04 Å². The first kappa shape index (κ1) is 11.1. The van der Waals surface area contributed by atoms with E-state index in [1.807, 2.05) is 6.92 Å². The van der Waals surface area contributed by atoms with Crippen molar-refractivity contribution < 1.29 is 14.4 Å². The Balaban J connectivity index is 3.36. The molecule has 70 valence electrons. The van der Waals surface area contributed by atoms with E-state index in [4.69, 9.17) is 5.73 Å². The summed E-state index contributed by atoms with van der Waals surface area (Å²) in [5.74, 6) is -0.394. The third kappa shape index (κ3) is 5.82. The van der Waals surface area contributed by atoms with Crippen LogP contribution in [0.15, 0.2) is 0 Å². The zero-order chi connectivity index (χ0) is 9.40. The highest BCUT2D eigenvalue weighted by Gasteiger charge is 2.06. The number of hydrogen-bond acceptors (Lipinski definition) is 5. The summed E-state index contributed by atoms with van der Waals surface area (Å²) in [6.07, 6.45) is 1.10. The van der Waals surface area contributed by atoms with Crippen LogP contribution in [0, 0.1) is 0 Å². The van der Waals surface area contributed by atoms with Gasteiger partial charge in [0.15, 0.2) is 0 Å². The quantitative estimate of drug-likeness (QED) is 0.413. The lowest BCUT2D eigenvalue weighted by Crippen LogP contribution is -2.25. The van der Waals surface area contributed by atoms with Crippen LogP contribution in [0.1, 0.15) is 19.8 Å². The molecule has 1 atom stereocenters. The van der Waals surface area contributed by atoms with Crippen LogP contribution in [0.2, 0.25) is 0 Å². The van der Waals surface area contributed by atoms with E-state index in [9.17, 15) is 9.59 Å². The number of nitrogens with two attached hydrogens (primary N) is 1. The van der Waals surface area contributed by atoms with Crippen LogP contribution < -0.4 is 11.2 Å². The molecule has 0 spiro atoms. The van der Waals surface area contributed by atoms with E-state index in [1.54, 1.807) is 0 Å². The van der Waals surface area contributed by atoms with Gasteiger partial charge in [0.2, 0.25) is 0 Å². The highest BCUT2D eigenvalue weighted by atomic mass is 16.7. The molecule has 5 heteroatoms. The Kier molecular flexibility index (Phi) is 6.22. The Hall–Kier alpha value is -0.940. The van der Waals surface area contributed by atoms with Gasteiger partial charge in [-0.2, -0.15) is 5.48 Å². The summed E-state index contributed by atoms with van der Waals surface area (Å²) < 4.78 is 0. The lowest BCUT2D eigenvalue weighted by atomic mass is 10.2. The highest BCUT2D eigenvalue weighted by Crippen LogP contribution is 1.93. The molecule has 0 amide bonds. The molecule has 0 aromatic rings. The first-order chi connectivity index (χ1) is 5.70. The number of aldehydes is 1. The van der Waals surface area contributed by atoms with Gasteiger partial charge in [-0.1, -0.05) is 0 Å². The Labute approximate surface area is 71.2 Å². The van der Waals surface area contributed by atoms with Gasteiger partial charge in [0.1, 0.15) is 6.29 Å². The van der Waals surface area contributed by atoms with E-state index in [0.717, 1.165) is 0 Å². The Morgan fingerprint density at radius 1 is 1.75 bits per heavy atom. The average Bonchev–Trinajstić information content (AvgIpc) is 2.10. The lowest BCUT2D eigenvalue weighted by molar-refractivity contribution is -0.151. The van der Waals surface area contributed by atoms with E-state index < -0.39 is 12.0 Å². The van der Waals surface area contributed by atoms with Gasteiger partial charge in [-0.25, -0.2) is 0 Å². The lowest BCUT2D eigenvalue weighted by Gasteiger charge is -2.04. The van der Waals surface area contributed by atoms with Gasteiger partial charge < -0.3 is 15.4 Å². The van der Waals surface area contributed by atoms with Crippen LogP contribution in [0.25, 0.3) is 0 Å². The topological polar surface area (TPSA) is 81.4 Å². The molecular weight excluding hydrogens is 160 g/mol. The van der Waals surface area contributed by atoms with Crippen molar-refractivity contribution in [1.29, 1.82) is 0 Å². The minimum absolute atomic E-state index is 0.160. The van der Waals surface area contributed by atoms with Crippen LogP contribution >= 0.6 is 0 Å². The van der Waals surface area contributed by atoms with E-state index in [1.165, 1.54) is 0 Å². The van der Waals surface area contributed by atoms with Crippen molar-refractivity contribution in [2.75, 3.05) is 6.54 Å². The summed E-state index contributed by atoms with van der Waals surface area (Å²) in [6.45, 7) is 2.37. The molecule has 0 saturated heterocycles. The molecule has 0 unspecified atom stereocenters. The van der Waals surface area contributed by atoms with Crippen LogP contribution in [0.5, 0.6) is 0 Å². The van der Waals surface area contributed by atoms with E-state index in [0.29, 0.717) is 19.3 Å². The summed E-state index contributed by atoms with van der Waals surface area (Å²) in [7, 11) is 0. The zero-order valence-electron chi connectivity index (χ0n) is 7.08. The molecule has 0 aliphatic rings. The molecule has 0 radical (unpaired) electrons. The second-order valence-electron chi connectivity index (χ2n) is 2.31. The van der Waals surface area contributed by atoms with Crippen molar-refractivity contribution >= 4 is 12.3 Å². The van der Waals surface area contributed by atoms with Gasteiger partial charge in [0.25, 0.3) is 0 Å². The fourth-order valence-electron chi connectivity index (χ4n) is 0.556. The molecule has 0 fully saturated rings. The smallest absolute Gasteiger partial charge is 0.324 e. The van der Waals surface area contributed by atoms with Crippen molar-refractivity contribution in [1.82, 2.24) is 5.48 Å². The van der Waals surface area contributed by atoms with Crippen molar-refractivity contribution in [2.24, 2.45) is 5.73 Å². The number of carbonyl (C=O) groups is 2. The predicted molar refractivity (Wildman–Crippen MR) is 43.0 cm³/mol. The van der Waals surface area contributed by atoms with Gasteiger partial charge in [-0.05, 0) is 13.3 Å². The minimum Gasteiger partial charge on any atom is -0.371 e. The standard InChI is InChI=1S/C7H14N2O3/c1-2-9-12-7(11)4-3-6(8)5-10/h5-6,9H,2-4,8H2,1H3/t6-/m0/s1. The van der Waals surface area contributed by atoms with Crippen LogP contribution in [-0.4, -0.2) is 24.8 Å². The van der Waals surface area contributed by atoms with E-state index >= 15 is 0 Å². The molecule has 0 saturated carbocycles. The van der Waals surface area contributed by atoms with Crippen LogP contribution in [0.4, 0.5) is 0 Å². The molecule has 12 heavy (non-hydrogen) atoms. The fourth-order valence-corrected chi connectivity index (χ4v) is 0.556. The number of hydroxylamine groups is 1. The first-order valence-electron chi connectivity index (χ1n) is 3.84. The molecule has 0 aromatic heterocycles. The van der Waals surface area contributed by atoms with Gasteiger partial charge >= 0.3 is 5.97 Å². The minimum atomic E-state index is -0.570. The molecule has 0 aliphatic heterocycles. The maximum atomic E-state index is 10.8. The Morgan fingerprint density at radius 2 is 2.42 bits per heavy atom. The average molecular weight is 174 g/mol. The van der Waals surface area contributed by atoms with Crippen molar-refractivity contribution in [3.63, 3.8) is 0 Å². The number of rotatable bonds is 6. The monoisotopic (exact) mass is 174 g/mol. The summed E-state index contributed by atoms with van der Waals surface area (Å²) >= 11 is 0. The largest absolute Gasteiger partial charge is 0.371 e. The Morgan fingerprint density at radius 3 is 2.92 bits per heavy atom. The predicted octanol–water partition coefficient (Wildman–Crippen LogP) is -0.639. The first-order valence-corrected chi connectivity index (χ1v) is 3.84. The fraction of sp³-hybridized carbons (Fsp3) is 0.714. The second kappa shape index (κ2) is 6.75. The normalized spacial score (nSPS) is 12.2. The molecular formula is C7H14N2O3. The van der Waals surface area contributed by atoms with E-state index in [2.05, 4.69) is 10.3 Å². The maximum Gasteiger partial charge on any atom is 0.324 e. The Bertz CT molecular complexity index is 150. The molecule has 0 aromatic carbocycles. The van der Waals surface area contributed by atoms with Crippen LogP contribution in [-0.2, 0) is 14.4 Å². The third-order valence-electron chi connectivity index (χ3n) is 1.19. The SMILES string of the molecule is CCNOC(=O)CC[C@H](N)C=O. The third-order valence-corrected chi connectivity index (χ3v) is 1.19. The van der Waals surface area contributed by atoms with Crippen LogP contribution in [0.3, 0.4) is 0 Å². The maximum absolute atomic E-state index is 10.8. The summed E-state index contributed by atoms with van der Waals surface area (Å²) in [5, 5.41) is 0. The van der Waals surface area contributed by atoms with Crippen molar-refractivity contribution in [2.45, 2.75) is 25.8 Å². The van der Waals surface area contributed by atoms with Gasteiger partial charge in [0, 0.05) is 13.0 Å². The highest BCUT2D eigenvalue weighted by molar-refractivity contribution is 5.70. The number of carbonyl (C=O) groups excluding carboxylic acids is 2. The molecule has 3 N–H and O–H groups in total. The number of nitrogens with one attached hydrogen (secondary N) is 1. The van der Waals surface area contributed by atoms with Gasteiger partial charge in [-0.15, -0.1) is 0 Å². The molecule has 0 bridgehead atoms. The summed E-state index contributed by atoms with van der Waals surface area (Å²) in [4.78, 5) is 25.3. The molecule has 0 rings (SSSR count). The summed E-state index contributed by atoms with van der Waals surface area (Å²) in [5.41, 5.74) is 7.66. The molecule has 0 aliphatic carbocycles.